The number of unbranched alkanes of at least 4 members (excludes halogenated alkanes) is 3. The lowest BCUT2D eigenvalue weighted by atomic mass is 9.92. The van der Waals surface area contributed by atoms with Gasteiger partial charge >= 0.3 is 5.97 Å². The highest BCUT2D eigenvalue weighted by Crippen LogP contribution is 2.26. The van der Waals surface area contributed by atoms with Crippen molar-refractivity contribution >= 4 is 11.8 Å². The first kappa shape index (κ1) is 32.8. The van der Waals surface area contributed by atoms with Gasteiger partial charge in [-0.05, 0) is 86.2 Å². The number of anilines is 1. The van der Waals surface area contributed by atoms with Crippen molar-refractivity contribution in [2.24, 2.45) is 0 Å². The van der Waals surface area contributed by atoms with E-state index < -0.39 is 5.97 Å². The molecule has 1 unspecified atom stereocenters. The topological polar surface area (TPSA) is 100 Å². The maximum atomic E-state index is 11.2. The number of carbonyl (C=O) groups is 1. The fourth-order valence-electron chi connectivity index (χ4n) is 5.48. The lowest BCUT2D eigenvalue weighted by Gasteiger charge is -2.17. The molecule has 1 aliphatic rings. The molecular formula is C37H47N5O2. The van der Waals surface area contributed by atoms with E-state index in [1.54, 1.807) is 12.4 Å². The fraction of sp³-hybridized carbons (Fsp3) is 0.405. The van der Waals surface area contributed by atoms with Crippen LogP contribution in [0.3, 0.4) is 0 Å². The predicted octanol–water partition coefficient (Wildman–Crippen LogP) is 7.31. The van der Waals surface area contributed by atoms with Gasteiger partial charge in [0.15, 0.2) is 0 Å². The third-order valence-electron chi connectivity index (χ3n) is 7.99. The Kier molecular flexibility index (Phi) is 13.8. The summed E-state index contributed by atoms with van der Waals surface area (Å²) in [7, 11) is 0. The number of aliphatic carboxylic acids is 1. The second-order valence-corrected chi connectivity index (χ2v) is 11.5. The summed E-state index contributed by atoms with van der Waals surface area (Å²) in [6.07, 6.45) is 13.3. The van der Waals surface area contributed by atoms with E-state index >= 15 is 0 Å². The molecule has 0 radical (unpaired) electrons. The molecular weight excluding hydrogens is 546 g/mol. The first-order chi connectivity index (χ1) is 21.6. The second kappa shape index (κ2) is 18.5. The van der Waals surface area contributed by atoms with Gasteiger partial charge in [0.05, 0.1) is 6.42 Å². The minimum Gasteiger partial charge on any atom is -0.481 e. The molecule has 4 aromatic rings. The van der Waals surface area contributed by atoms with Crippen LogP contribution in [-0.2, 0) is 30.6 Å². The number of aromatic nitrogens is 3. The van der Waals surface area contributed by atoms with Crippen molar-refractivity contribution in [1.29, 1.82) is 0 Å². The first-order valence-electron chi connectivity index (χ1n) is 16.1. The molecule has 0 amide bonds. The number of fused-ring (bicyclic) bond motifs is 1. The van der Waals surface area contributed by atoms with Gasteiger partial charge in [-0.1, -0.05) is 86.0 Å². The van der Waals surface area contributed by atoms with Crippen molar-refractivity contribution in [2.45, 2.75) is 83.6 Å². The zero-order chi connectivity index (χ0) is 30.8. The Morgan fingerprint density at radius 2 is 1.59 bits per heavy atom. The van der Waals surface area contributed by atoms with Crippen LogP contribution in [-0.4, -0.2) is 39.1 Å². The number of pyridine rings is 1. The van der Waals surface area contributed by atoms with E-state index in [0.29, 0.717) is 5.82 Å². The van der Waals surface area contributed by atoms with Gasteiger partial charge in [0.25, 0.3) is 0 Å². The number of benzene rings is 2. The van der Waals surface area contributed by atoms with E-state index in [0.717, 1.165) is 88.1 Å². The number of hydrogen-bond donors (Lipinski definition) is 3. The van der Waals surface area contributed by atoms with Crippen molar-refractivity contribution < 1.29 is 9.90 Å². The molecule has 44 heavy (non-hydrogen) atoms. The van der Waals surface area contributed by atoms with E-state index in [2.05, 4.69) is 87.3 Å². The maximum Gasteiger partial charge on any atom is 0.303 e. The third kappa shape index (κ3) is 11.9. The van der Waals surface area contributed by atoms with Gasteiger partial charge in [0.2, 0.25) is 0 Å². The Morgan fingerprint density at radius 3 is 2.32 bits per heavy atom. The first-order valence-corrected chi connectivity index (χ1v) is 16.1. The number of carboxylic acids is 1. The summed E-state index contributed by atoms with van der Waals surface area (Å²) >= 11 is 0. The third-order valence-corrected chi connectivity index (χ3v) is 7.99. The lowest BCUT2D eigenvalue weighted by Crippen LogP contribution is -2.16. The van der Waals surface area contributed by atoms with Crippen LogP contribution in [0.2, 0.25) is 0 Å². The predicted molar refractivity (Wildman–Crippen MR) is 178 cm³/mol. The van der Waals surface area contributed by atoms with E-state index in [1.165, 1.54) is 23.1 Å². The molecule has 0 bridgehead atoms. The molecule has 2 aromatic carbocycles. The van der Waals surface area contributed by atoms with Gasteiger partial charge in [-0.15, -0.1) is 0 Å². The van der Waals surface area contributed by atoms with Crippen molar-refractivity contribution in [3.63, 3.8) is 0 Å². The molecule has 0 saturated heterocycles. The standard InChI is InChI=1S/C22H30N4O2.C15H17N/c1-16-24-14-19(15-25-16)18(13-21(27)28)7-4-2-3-5-9-20-11-10-17-8-6-12-23-22(17)26-20;1-3-7-14(8-4-1)11-12-16-13-15-9-5-2-6-10-15/h10-11,14-15,18H,2-9,12-13H2,1H3,(H,23,26)(H,27,28);1-10,16H,11-13H2. The second-order valence-electron chi connectivity index (χ2n) is 11.5. The molecule has 3 N–H and O–H groups in total. The molecule has 5 rings (SSSR count). The number of nitrogens with one attached hydrogen (secondary N) is 2. The summed E-state index contributed by atoms with van der Waals surface area (Å²) in [5.41, 5.74) is 6.16. The minimum atomic E-state index is -0.766. The highest BCUT2D eigenvalue weighted by Gasteiger charge is 2.16. The highest BCUT2D eigenvalue weighted by atomic mass is 16.4. The quantitative estimate of drug-likeness (QED) is 0.124. The SMILES string of the molecule is Cc1ncc(C(CCCCCCc2ccc3c(n2)NCCC3)CC(=O)O)cn1.c1ccc(CCNCc2ccccc2)cc1. The molecule has 3 heterocycles. The van der Waals surface area contributed by atoms with Crippen molar-refractivity contribution in [3.8, 4) is 0 Å². The van der Waals surface area contributed by atoms with Crippen LogP contribution in [0.5, 0.6) is 0 Å². The van der Waals surface area contributed by atoms with Crippen LogP contribution >= 0.6 is 0 Å². The smallest absolute Gasteiger partial charge is 0.303 e. The molecule has 0 saturated carbocycles. The minimum absolute atomic E-state index is 0.00788. The fourth-order valence-corrected chi connectivity index (χ4v) is 5.48. The Morgan fingerprint density at radius 1 is 0.886 bits per heavy atom. The Labute approximate surface area is 262 Å². The van der Waals surface area contributed by atoms with Crippen LogP contribution in [0.25, 0.3) is 0 Å². The molecule has 0 fully saturated rings. The van der Waals surface area contributed by atoms with Gasteiger partial charge in [-0.3, -0.25) is 4.79 Å². The van der Waals surface area contributed by atoms with Crippen LogP contribution in [0.15, 0.2) is 85.2 Å². The number of nitrogens with zero attached hydrogens (tertiary/aromatic N) is 3. The molecule has 7 nitrogen and oxygen atoms in total. The zero-order valence-corrected chi connectivity index (χ0v) is 26.0. The number of carboxylic acid groups (broad SMARTS) is 1. The molecule has 7 heteroatoms. The summed E-state index contributed by atoms with van der Waals surface area (Å²) in [4.78, 5) is 24.4. The zero-order valence-electron chi connectivity index (χ0n) is 26.0. The highest BCUT2D eigenvalue weighted by molar-refractivity contribution is 5.68. The van der Waals surface area contributed by atoms with Crippen LogP contribution in [0.4, 0.5) is 5.82 Å². The number of aryl methyl sites for hydroxylation is 3. The summed E-state index contributed by atoms with van der Waals surface area (Å²) in [6, 6.07) is 25.4. The van der Waals surface area contributed by atoms with Gasteiger partial charge in [-0.25, -0.2) is 15.0 Å². The van der Waals surface area contributed by atoms with Gasteiger partial charge in [-0.2, -0.15) is 0 Å². The monoisotopic (exact) mass is 593 g/mol. The van der Waals surface area contributed by atoms with Crippen molar-refractivity contribution in [3.05, 3.63) is 119 Å². The lowest BCUT2D eigenvalue weighted by molar-refractivity contribution is -0.137. The average molecular weight is 594 g/mol. The Balaban J connectivity index is 0.000000233. The molecule has 2 aromatic heterocycles. The average Bonchev–Trinajstić information content (AvgIpc) is 3.05. The summed E-state index contributed by atoms with van der Waals surface area (Å²) in [5.74, 6) is 1.01. The van der Waals surface area contributed by atoms with Crippen LogP contribution in [0.1, 0.15) is 84.6 Å². The summed E-state index contributed by atoms with van der Waals surface area (Å²) < 4.78 is 0. The van der Waals surface area contributed by atoms with Crippen molar-refractivity contribution in [1.82, 2.24) is 20.3 Å². The molecule has 0 aliphatic carbocycles. The number of rotatable bonds is 15. The Hall–Kier alpha value is -4.10. The molecule has 0 spiro atoms. The Bertz CT molecular complexity index is 1340. The van der Waals surface area contributed by atoms with Crippen LogP contribution < -0.4 is 10.6 Å². The van der Waals surface area contributed by atoms with Gasteiger partial charge in [0, 0.05) is 31.2 Å². The van der Waals surface area contributed by atoms with E-state index in [1.807, 2.05) is 13.0 Å². The molecule has 232 valence electrons. The molecule has 1 aliphatic heterocycles. The largest absolute Gasteiger partial charge is 0.481 e. The van der Waals surface area contributed by atoms with Gasteiger partial charge in [0.1, 0.15) is 11.6 Å². The van der Waals surface area contributed by atoms with Crippen molar-refractivity contribution in [2.75, 3.05) is 18.4 Å². The van der Waals surface area contributed by atoms with Crippen LogP contribution in [0, 0.1) is 6.92 Å². The summed E-state index contributed by atoms with van der Waals surface area (Å²) in [5, 5.41) is 16.0. The van der Waals surface area contributed by atoms with E-state index in [4.69, 9.17) is 4.98 Å². The van der Waals surface area contributed by atoms with E-state index in [9.17, 15) is 9.90 Å². The normalized spacial score (nSPS) is 12.8. The maximum absolute atomic E-state index is 11.2. The molecule has 1 atom stereocenters. The van der Waals surface area contributed by atoms with Gasteiger partial charge < -0.3 is 15.7 Å². The van der Waals surface area contributed by atoms with E-state index in [-0.39, 0.29) is 12.3 Å². The summed E-state index contributed by atoms with van der Waals surface area (Å²) in [6.45, 7) is 4.84. The number of hydrogen-bond acceptors (Lipinski definition) is 6.